The van der Waals surface area contributed by atoms with Gasteiger partial charge in [-0.2, -0.15) is 0 Å². The molecule has 1 aliphatic heterocycles. The van der Waals surface area contributed by atoms with Gasteiger partial charge < -0.3 is 24.2 Å². The number of carbonyl (C=O) groups excluding carboxylic acids is 1. The van der Waals surface area contributed by atoms with Crippen LogP contribution in [0.2, 0.25) is 5.02 Å². The lowest BCUT2D eigenvalue weighted by atomic mass is 9.93. The molecule has 1 fully saturated rings. The second kappa shape index (κ2) is 12.7. The Morgan fingerprint density at radius 1 is 1.15 bits per heavy atom. The van der Waals surface area contributed by atoms with E-state index in [2.05, 4.69) is 17.3 Å². The van der Waals surface area contributed by atoms with Crippen LogP contribution < -0.4 is 0 Å². The van der Waals surface area contributed by atoms with E-state index in [1.807, 2.05) is 37.3 Å². The largest absolute Gasteiger partial charge is 0.508 e. The van der Waals surface area contributed by atoms with Crippen molar-refractivity contribution in [2.75, 3.05) is 20.3 Å². The van der Waals surface area contributed by atoms with Gasteiger partial charge in [-0.3, -0.25) is 0 Å². The lowest BCUT2D eigenvalue weighted by Gasteiger charge is -2.33. The Balaban J connectivity index is 1.70. The third-order valence-corrected chi connectivity index (χ3v) is 6.06. The summed E-state index contributed by atoms with van der Waals surface area (Å²) in [5, 5.41) is 15.1. The van der Waals surface area contributed by atoms with Gasteiger partial charge in [-0.05, 0) is 48.1 Å². The van der Waals surface area contributed by atoms with Crippen molar-refractivity contribution in [3.63, 3.8) is 0 Å². The van der Waals surface area contributed by atoms with Crippen LogP contribution in [0, 0.1) is 0 Å². The molecule has 3 atom stereocenters. The number of nitrogens with zero attached hydrogens (tertiary/aromatic N) is 1. The number of rotatable bonds is 9. The Labute approximate surface area is 205 Å². The van der Waals surface area contributed by atoms with Crippen molar-refractivity contribution < 1.29 is 28.9 Å². The highest BCUT2D eigenvalue weighted by Crippen LogP contribution is 2.34. The van der Waals surface area contributed by atoms with Gasteiger partial charge in [0.2, 0.25) is 0 Å². The van der Waals surface area contributed by atoms with Gasteiger partial charge in [0.15, 0.2) is 0 Å². The molecule has 8 heteroatoms. The highest BCUT2D eigenvalue weighted by atomic mass is 35.5. The summed E-state index contributed by atoms with van der Waals surface area (Å²) < 4.78 is 16.0. The first-order valence-electron chi connectivity index (χ1n) is 11.5. The Morgan fingerprint density at radius 2 is 1.91 bits per heavy atom. The van der Waals surface area contributed by atoms with Crippen LogP contribution in [-0.2, 0) is 25.5 Å². The van der Waals surface area contributed by atoms with Crippen LogP contribution in [0.15, 0.2) is 47.6 Å². The quantitative estimate of drug-likeness (QED) is 0.286. The number of oxime groups is 1. The molecule has 3 rings (SSSR count). The number of aliphatic hydroxyl groups excluding tert-OH is 1. The summed E-state index contributed by atoms with van der Waals surface area (Å²) in [6, 6.07) is 14.0. The Morgan fingerprint density at radius 3 is 2.59 bits per heavy atom. The van der Waals surface area contributed by atoms with E-state index in [0.29, 0.717) is 24.3 Å². The summed E-state index contributed by atoms with van der Waals surface area (Å²) in [6.07, 6.45) is 0.270. The Bertz CT molecular complexity index is 978. The molecule has 1 saturated heterocycles. The molecule has 0 aromatic heterocycles. The second-order valence-electron chi connectivity index (χ2n) is 8.16. The van der Waals surface area contributed by atoms with E-state index in [0.717, 1.165) is 34.4 Å². The minimum atomic E-state index is -0.734. The van der Waals surface area contributed by atoms with Gasteiger partial charge in [-0.25, -0.2) is 4.79 Å². The number of aliphatic hydroxyl groups is 1. The zero-order chi connectivity index (χ0) is 24.5. The number of benzene rings is 2. The Kier molecular flexibility index (Phi) is 9.74. The molecular formula is C26H32ClNO6. The van der Waals surface area contributed by atoms with Crippen LogP contribution in [0.5, 0.6) is 0 Å². The average Bonchev–Trinajstić information content (AvgIpc) is 2.83. The molecule has 3 unspecified atom stereocenters. The normalized spacial score (nSPS) is 20.6. The first kappa shape index (κ1) is 26.0. The molecule has 1 heterocycles. The predicted molar refractivity (Wildman–Crippen MR) is 130 cm³/mol. The highest BCUT2D eigenvalue weighted by Gasteiger charge is 2.30. The molecule has 0 bridgehead atoms. The van der Waals surface area contributed by atoms with Gasteiger partial charge in [0.1, 0.15) is 13.7 Å². The molecular weight excluding hydrogens is 458 g/mol. The van der Waals surface area contributed by atoms with Crippen LogP contribution in [0.3, 0.4) is 0 Å². The molecule has 184 valence electrons. The van der Waals surface area contributed by atoms with Crippen molar-refractivity contribution in [1.82, 2.24) is 0 Å². The number of hydrogen-bond acceptors (Lipinski definition) is 7. The van der Waals surface area contributed by atoms with E-state index >= 15 is 0 Å². The fourth-order valence-corrected chi connectivity index (χ4v) is 4.21. The van der Waals surface area contributed by atoms with Crippen molar-refractivity contribution >= 4 is 23.5 Å². The maximum absolute atomic E-state index is 11.5. The summed E-state index contributed by atoms with van der Waals surface area (Å²) in [5.41, 5.74) is 4.92. The van der Waals surface area contributed by atoms with Crippen molar-refractivity contribution in [2.45, 2.75) is 57.8 Å². The van der Waals surface area contributed by atoms with Crippen molar-refractivity contribution in [3.8, 4) is 0 Å². The lowest BCUT2D eigenvalue weighted by Crippen LogP contribution is -2.35. The highest BCUT2D eigenvalue weighted by molar-refractivity contribution is 6.31. The SMILES string of the molecule is CCOC(=O)OCC1CC(O)CC(c2ccc(Cl)c(Cc3ccc(C(CC)=NOC)cc3)c2)O1. The molecule has 2 aromatic rings. The number of hydrogen-bond donors (Lipinski definition) is 1. The smallest absolute Gasteiger partial charge is 0.435 e. The monoisotopic (exact) mass is 489 g/mol. The minimum absolute atomic E-state index is 0.0330. The van der Waals surface area contributed by atoms with Crippen LogP contribution in [0.1, 0.15) is 61.5 Å². The molecule has 0 amide bonds. The van der Waals surface area contributed by atoms with Crippen LogP contribution in [-0.4, -0.2) is 49.5 Å². The van der Waals surface area contributed by atoms with E-state index in [4.69, 9.17) is 30.6 Å². The number of ether oxygens (including phenoxy) is 3. The Hall–Kier alpha value is -2.61. The summed E-state index contributed by atoms with van der Waals surface area (Å²) in [4.78, 5) is 16.4. The first-order valence-corrected chi connectivity index (χ1v) is 11.9. The number of halogens is 1. The third kappa shape index (κ3) is 7.19. The van der Waals surface area contributed by atoms with E-state index in [1.165, 1.54) is 0 Å². The fraction of sp³-hybridized carbons (Fsp3) is 0.462. The molecule has 7 nitrogen and oxygen atoms in total. The molecule has 1 aliphatic rings. The molecule has 0 radical (unpaired) electrons. The maximum atomic E-state index is 11.5. The van der Waals surface area contributed by atoms with Gasteiger partial charge in [-0.15, -0.1) is 0 Å². The molecule has 2 aromatic carbocycles. The van der Waals surface area contributed by atoms with E-state index < -0.39 is 18.4 Å². The average molecular weight is 490 g/mol. The second-order valence-corrected chi connectivity index (χ2v) is 8.57. The molecule has 0 saturated carbocycles. The van der Waals surface area contributed by atoms with Crippen molar-refractivity contribution in [3.05, 3.63) is 69.7 Å². The van der Waals surface area contributed by atoms with Gasteiger partial charge in [-0.1, -0.05) is 60.1 Å². The van der Waals surface area contributed by atoms with Gasteiger partial charge >= 0.3 is 6.16 Å². The van der Waals surface area contributed by atoms with E-state index in [1.54, 1.807) is 14.0 Å². The van der Waals surface area contributed by atoms with Crippen molar-refractivity contribution in [2.24, 2.45) is 5.16 Å². The summed E-state index contributed by atoms with van der Waals surface area (Å²) >= 11 is 6.50. The maximum Gasteiger partial charge on any atom is 0.508 e. The van der Waals surface area contributed by atoms with Gasteiger partial charge in [0.05, 0.1) is 30.6 Å². The minimum Gasteiger partial charge on any atom is -0.435 e. The zero-order valence-corrected chi connectivity index (χ0v) is 20.6. The first-order chi connectivity index (χ1) is 16.4. The van der Waals surface area contributed by atoms with E-state index in [9.17, 15) is 9.90 Å². The number of carbonyl (C=O) groups is 1. The molecule has 34 heavy (non-hydrogen) atoms. The fourth-order valence-electron chi connectivity index (χ4n) is 4.03. The molecule has 0 aliphatic carbocycles. The summed E-state index contributed by atoms with van der Waals surface area (Å²) in [6.45, 7) is 4.02. The van der Waals surface area contributed by atoms with Crippen LogP contribution >= 0.6 is 11.6 Å². The lowest BCUT2D eigenvalue weighted by molar-refractivity contribution is -0.118. The molecule has 0 spiro atoms. The van der Waals surface area contributed by atoms with Crippen LogP contribution in [0.4, 0.5) is 4.79 Å². The summed E-state index contributed by atoms with van der Waals surface area (Å²) in [7, 11) is 1.55. The standard InChI is InChI=1S/C26H32ClNO6/c1-4-24(28-31-3)18-8-6-17(7-9-18)12-20-13-19(10-11-23(20)27)25-15-21(29)14-22(34-25)16-33-26(30)32-5-2/h6-11,13,21-22,25,29H,4-5,12,14-16H2,1-3H3. The van der Waals surface area contributed by atoms with Gasteiger partial charge in [0, 0.05) is 17.9 Å². The van der Waals surface area contributed by atoms with Crippen LogP contribution in [0.25, 0.3) is 0 Å². The van der Waals surface area contributed by atoms with Crippen molar-refractivity contribution in [1.29, 1.82) is 0 Å². The topological polar surface area (TPSA) is 86.6 Å². The summed E-state index contributed by atoms with van der Waals surface area (Å²) in [5.74, 6) is 0. The zero-order valence-electron chi connectivity index (χ0n) is 19.8. The molecule has 1 N–H and O–H groups in total. The third-order valence-electron chi connectivity index (χ3n) is 5.69. The van der Waals surface area contributed by atoms with Gasteiger partial charge in [0.25, 0.3) is 0 Å². The predicted octanol–water partition coefficient (Wildman–Crippen LogP) is 5.45. The van der Waals surface area contributed by atoms with E-state index in [-0.39, 0.29) is 19.3 Å².